The summed E-state index contributed by atoms with van der Waals surface area (Å²) < 4.78 is 0. The number of phenolic OH excluding ortho intramolecular Hbond substituents is 1. The van der Waals surface area contributed by atoms with Crippen LogP contribution in [0.5, 0.6) is 5.75 Å². The van der Waals surface area contributed by atoms with Gasteiger partial charge in [-0.2, -0.15) is 4.98 Å². The van der Waals surface area contributed by atoms with Crippen LogP contribution < -0.4 is 10.6 Å². The molecule has 0 saturated heterocycles. The number of fused-ring (bicyclic) bond motifs is 1. The van der Waals surface area contributed by atoms with E-state index in [0.29, 0.717) is 5.95 Å². The molecular formula is C21H19N5O. The van der Waals surface area contributed by atoms with E-state index in [9.17, 15) is 5.11 Å². The maximum atomic E-state index is 9.33. The number of rotatable bonds is 6. The Morgan fingerprint density at radius 2 is 1.78 bits per heavy atom. The van der Waals surface area contributed by atoms with E-state index in [1.54, 1.807) is 24.5 Å². The second-order valence-electron chi connectivity index (χ2n) is 6.14. The normalized spacial score (nSPS) is 10.7. The predicted octanol–water partition coefficient (Wildman–Crippen LogP) is 4.13. The fraction of sp³-hybridized carbons (Fsp3) is 0.0952. The highest BCUT2D eigenvalue weighted by molar-refractivity contribution is 5.82. The van der Waals surface area contributed by atoms with Gasteiger partial charge in [-0.1, -0.05) is 18.2 Å². The summed E-state index contributed by atoms with van der Waals surface area (Å²) in [6.45, 7) is 0.739. The van der Waals surface area contributed by atoms with Crippen molar-refractivity contribution >= 4 is 28.4 Å². The number of hydrogen-bond donors (Lipinski definition) is 3. The summed E-state index contributed by atoms with van der Waals surface area (Å²) in [4.78, 5) is 13.1. The van der Waals surface area contributed by atoms with Crippen LogP contribution in [0.1, 0.15) is 5.56 Å². The Labute approximate surface area is 157 Å². The first-order valence-corrected chi connectivity index (χ1v) is 8.73. The molecule has 0 aliphatic heterocycles. The van der Waals surface area contributed by atoms with Gasteiger partial charge in [-0.25, -0.2) is 4.98 Å². The highest BCUT2D eigenvalue weighted by atomic mass is 16.3. The highest BCUT2D eigenvalue weighted by Crippen LogP contribution is 2.20. The Morgan fingerprint density at radius 1 is 0.889 bits per heavy atom. The molecule has 2 aromatic heterocycles. The molecule has 2 aromatic carbocycles. The number of pyridine rings is 1. The molecule has 0 amide bonds. The van der Waals surface area contributed by atoms with E-state index in [4.69, 9.17) is 0 Å². The van der Waals surface area contributed by atoms with Gasteiger partial charge in [0.15, 0.2) is 0 Å². The molecule has 6 heteroatoms. The molecule has 4 rings (SSSR count). The van der Waals surface area contributed by atoms with Crippen molar-refractivity contribution in [2.45, 2.75) is 6.42 Å². The Kier molecular flexibility index (Phi) is 4.78. The molecular weight excluding hydrogens is 338 g/mol. The molecule has 6 nitrogen and oxygen atoms in total. The average Bonchev–Trinajstić information content (AvgIpc) is 2.70. The molecule has 3 N–H and O–H groups in total. The van der Waals surface area contributed by atoms with Gasteiger partial charge in [0.05, 0.1) is 5.52 Å². The van der Waals surface area contributed by atoms with Crippen molar-refractivity contribution in [2.75, 3.05) is 17.2 Å². The number of nitrogens with zero attached hydrogens (tertiary/aromatic N) is 3. The van der Waals surface area contributed by atoms with E-state index < -0.39 is 0 Å². The van der Waals surface area contributed by atoms with Crippen molar-refractivity contribution in [1.29, 1.82) is 0 Å². The molecule has 0 fully saturated rings. The molecule has 134 valence electrons. The SMILES string of the molecule is Oc1ccc(CCNc2ccnc(Nc3ccc4ncccc4c3)n2)cc1. The topological polar surface area (TPSA) is 83.0 Å². The summed E-state index contributed by atoms with van der Waals surface area (Å²) in [5.74, 6) is 1.57. The summed E-state index contributed by atoms with van der Waals surface area (Å²) >= 11 is 0. The summed E-state index contributed by atoms with van der Waals surface area (Å²) in [7, 11) is 0. The summed E-state index contributed by atoms with van der Waals surface area (Å²) in [5, 5.41) is 16.9. The lowest BCUT2D eigenvalue weighted by atomic mass is 10.1. The Balaban J connectivity index is 1.40. The quantitative estimate of drug-likeness (QED) is 0.481. The molecule has 2 heterocycles. The van der Waals surface area contributed by atoms with Crippen LogP contribution in [0, 0.1) is 0 Å². The van der Waals surface area contributed by atoms with Crippen molar-refractivity contribution < 1.29 is 5.11 Å². The third kappa shape index (κ3) is 4.30. The van der Waals surface area contributed by atoms with Crippen LogP contribution in [0.25, 0.3) is 10.9 Å². The maximum absolute atomic E-state index is 9.33. The van der Waals surface area contributed by atoms with E-state index in [0.717, 1.165) is 40.9 Å². The van der Waals surface area contributed by atoms with Gasteiger partial charge in [-0.3, -0.25) is 4.98 Å². The molecule has 27 heavy (non-hydrogen) atoms. The van der Waals surface area contributed by atoms with Gasteiger partial charge >= 0.3 is 0 Å². The highest BCUT2D eigenvalue weighted by Gasteiger charge is 2.02. The molecule has 4 aromatic rings. The Bertz CT molecular complexity index is 1050. The number of phenols is 1. The van der Waals surface area contributed by atoms with Gasteiger partial charge in [-0.05, 0) is 54.4 Å². The van der Waals surface area contributed by atoms with Gasteiger partial charge < -0.3 is 15.7 Å². The van der Waals surface area contributed by atoms with Crippen LogP contribution in [0.15, 0.2) is 73.1 Å². The number of aromatic nitrogens is 3. The predicted molar refractivity (Wildman–Crippen MR) is 107 cm³/mol. The number of aromatic hydroxyl groups is 1. The second kappa shape index (κ2) is 7.70. The third-order valence-electron chi connectivity index (χ3n) is 4.17. The molecule has 0 aliphatic rings. The monoisotopic (exact) mass is 357 g/mol. The van der Waals surface area contributed by atoms with Crippen molar-refractivity contribution in [1.82, 2.24) is 15.0 Å². The van der Waals surface area contributed by atoms with Crippen LogP contribution in [0.2, 0.25) is 0 Å². The van der Waals surface area contributed by atoms with E-state index in [-0.39, 0.29) is 5.75 Å². The zero-order valence-corrected chi connectivity index (χ0v) is 14.6. The van der Waals surface area contributed by atoms with Gasteiger partial charge in [0.1, 0.15) is 11.6 Å². The van der Waals surface area contributed by atoms with Crippen LogP contribution in [-0.4, -0.2) is 26.6 Å². The first kappa shape index (κ1) is 16.8. The van der Waals surface area contributed by atoms with Crippen LogP contribution in [0.4, 0.5) is 17.5 Å². The van der Waals surface area contributed by atoms with Gasteiger partial charge in [0.2, 0.25) is 5.95 Å². The molecule has 0 spiro atoms. The Morgan fingerprint density at radius 3 is 2.67 bits per heavy atom. The molecule has 0 aliphatic carbocycles. The fourth-order valence-electron chi connectivity index (χ4n) is 2.80. The van der Waals surface area contributed by atoms with E-state index in [2.05, 4.69) is 25.6 Å². The van der Waals surface area contributed by atoms with Crippen LogP contribution in [0.3, 0.4) is 0 Å². The standard InChI is InChI=1S/C21H19N5O/c27-18-6-3-15(4-7-18)9-12-23-20-10-13-24-21(26-20)25-17-5-8-19-16(14-17)2-1-11-22-19/h1-8,10-11,13-14,27H,9,12H2,(H2,23,24,25,26). The number of benzene rings is 2. The van der Waals surface area contributed by atoms with Crippen molar-refractivity contribution in [3.63, 3.8) is 0 Å². The molecule has 0 saturated carbocycles. The fourth-order valence-corrected chi connectivity index (χ4v) is 2.80. The first-order chi connectivity index (χ1) is 13.3. The zero-order valence-electron chi connectivity index (χ0n) is 14.6. The number of hydrogen-bond acceptors (Lipinski definition) is 6. The molecule has 0 atom stereocenters. The molecule has 0 unspecified atom stereocenters. The van der Waals surface area contributed by atoms with Gasteiger partial charge in [-0.15, -0.1) is 0 Å². The lowest BCUT2D eigenvalue weighted by Crippen LogP contribution is -2.07. The van der Waals surface area contributed by atoms with Crippen molar-refractivity contribution in [2.24, 2.45) is 0 Å². The lowest BCUT2D eigenvalue weighted by molar-refractivity contribution is 0.475. The summed E-state index contributed by atoms with van der Waals surface area (Å²) in [5.41, 5.74) is 3.02. The van der Waals surface area contributed by atoms with E-state index in [1.165, 1.54) is 0 Å². The van der Waals surface area contributed by atoms with Crippen LogP contribution in [-0.2, 0) is 6.42 Å². The largest absolute Gasteiger partial charge is 0.508 e. The molecule has 0 bridgehead atoms. The minimum absolute atomic E-state index is 0.280. The van der Waals surface area contributed by atoms with Crippen molar-refractivity contribution in [3.8, 4) is 5.75 Å². The number of nitrogens with one attached hydrogen (secondary N) is 2. The zero-order chi connectivity index (χ0) is 18.5. The van der Waals surface area contributed by atoms with Gasteiger partial charge in [0.25, 0.3) is 0 Å². The summed E-state index contributed by atoms with van der Waals surface area (Å²) in [6.07, 6.45) is 4.34. The maximum Gasteiger partial charge on any atom is 0.229 e. The molecule has 0 radical (unpaired) electrons. The Hall–Kier alpha value is -3.67. The minimum atomic E-state index is 0.280. The minimum Gasteiger partial charge on any atom is -0.508 e. The lowest BCUT2D eigenvalue weighted by Gasteiger charge is -2.09. The number of anilines is 3. The summed E-state index contributed by atoms with van der Waals surface area (Å²) in [6, 6.07) is 19.0. The van der Waals surface area contributed by atoms with Crippen LogP contribution >= 0.6 is 0 Å². The second-order valence-corrected chi connectivity index (χ2v) is 6.14. The van der Waals surface area contributed by atoms with E-state index >= 15 is 0 Å². The van der Waals surface area contributed by atoms with Gasteiger partial charge in [0, 0.05) is 30.0 Å². The van der Waals surface area contributed by atoms with E-state index in [1.807, 2.05) is 48.5 Å². The average molecular weight is 357 g/mol. The van der Waals surface area contributed by atoms with Crippen molar-refractivity contribution in [3.05, 3.63) is 78.6 Å². The first-order valence-electron chi connectivity index (χ1n) is 8.73. The smallest absolute Gasteiger partial charge is 0.229 e. The third-order valence-corrected chi connectivity index (χ3v) is 4.17.